The molecule has 818 valence electrons. The first kappa shape index (κ1) is 128. The Labute approximate surface area is 840 Å². The van der Waals surface area contributed by atoms with Crippen LogP contribution in [-0.2, 0) is 112 Å². The summed E-state index contributed by atoms with van der Waals surface area (Å²) >= 11 is 0. The van der Waals surface area contributed by atoms with Crippen LogP contribution < -0.4 is 124 Å². The molecule has 1 aromatic carbocycles. The zero-order chi connectivity index (χ0) is 110. The van der Waals surface area contributed by atoms with Gasteiger partial charge in [-0.05, 0) is 151 Å². The minimum atomic E-state index is -2.01. The van der Waals surface area contributed by atoms with Crippen molar-refractivity contribution in [2.75, 3.05) is 65.7 Å². The van der Waals surface area contributed by atoms with Crippen LogP contribution >= 0.6 is 0 Å². The Morgan fingerprint density at radius 3 is 1.13 bits per heavy atom. The molecule has 1 aliphatic heterocycles. The molecule has 1 heterocycles. The Balaban J connectivity index is 2.39. The van der Waals surface area contributed by atoms with E-state index in [4.69, 9.17) is 28.7 Å². The fourth-order valence-electron chi connectivity index (χ4n) is 14.9. The monoisotopic (exact) mass is 2060 g/mol. The van der Waals surface area contributed by atoms with Crippen LogP contribution in [-0.4, -0.2) is 356 Å². The summed E-state index contributed by atoms with van der Waals surface area (Å²) in [4.78, 5) is 302. The minimum Gasteiger partial charge on any atom is -0.508 e. The fourth-order valence-corrected chi connectivity index (χ4v) is 14.9. The van der Waals surface area contributed by atoms with Crippen LogP contribution in [0.25, 0.3) is 0 Å². The van der Waals surface area contributed by atoms with E-state index in [1.807, 2.05) is 0 Å². The Morgan fingerprint density at radius 1 is 0.372 bits per heavy atom. The van der Waals surface area contributed by atoms with E-state index >= 15 is 0 Å². The first-order valence-electron chi connectivity index (χ1n) is 48.4. The van der Waals surface area contributed by atoms with Gasteiger partial charge in [-0.15, -0.1) is 0 Å². The number of aliphatic carboxylic acids is 1. The van der Waals surface area contributed by atoms with Gasteiger partial charge in [0.2, 0.25) is 124 Å². The highest BCUT2D eigenvalue weighted by atomic mass is 16.4. The number of aromatic hydroxyl groups is 1. The number of unbranched alkanes of at least 4 members (excludes halogenated alkanes) is 2. The van der Waals surface area contributed by atoms with E-state index in [0.29, 0.717) is 37.7 Å². The molecule has 0 radical (unpaired) electrons. The van der Waals surface area contributed by atoms with Gasteiger partial charge < -0.3 is 170 Å². The molecular formula is C91H154N24O30. The number of carboxylic acids is 1. The van der Waals surface area contributed by atoms with E-state index in [1.165, 1.54) is 24.3 Å². The summed E-state index contributed by atoms with van der Waals surface area (Å²) in [6.07, 6.45) is -4.16. The van der Waals surface area contributed by atoms with Crippen molar-refractivity contribution in [2.24, 2.45) is 58.3 Å². The number of nitrogens with two attached hydrogens (primary N) is 5. The van der Waals surface area contributed by atoms with Gasteiger partial charge in [0.25, 0.3) is 0 Å². The highest BCUT2D eigenvalue weighted by molar-refractivity contribution is 6.03. The number of nitrogens with zero attached hydrogens (tertiary/aromatic N) is 1. The number of carboxylic acid groups (broad SMARTS) is 1. The highest BCUT2D eigenvalue weighted by Crippen LogP contribution is 2.24. The molecule has 0 spiro atoms. The van der Waals surface area contributed by atoms with E-state index in [9.17, 15) is 146 Å². The smallest absolute Gasteiger partial charge is 0.328 e. The molecule has 2 rings (SSSR count). The number of nitrogens with one attached hydrogen (secondary N) is 18. The topological polar surface area (TPSA) is 887 Å². The predicted molar refractivity (Wildman–Crippen MR) is 517 cm³/mol. The lowest BCUT2D eigenvalue weighted by Gasteiger charge is -2.31. The van der Waals surface area contributed by atoms with Crippen LogP contribution in [0.5, 0.6) is 5.75 Å². The zero-order valence-corrected chi connectivity index (χ0v) is 84.2. The average Bonchev–Trinajstić information content (AvgIpc) is 1.69. The second-order valence-electron chi connectivity index (χ2n) is 37.0. The Kier molecular flexibility index (Phi) is 58.4. The van der Waals surface area contributed by atoms with Gasteiger partial charge in [0.15, 0.2) is 0 Å². The number of amides is 21. The van der Waals surface area contributed by atoms with Crippen LogP contribution in [0.1, 0.15) is 191 Å². The minimum absolute atomic E-state index is 0.0447. The number of phenolic OH excluding ortho intramolecular Hbond substituents is 1. The molecule has 0 unspecified atom stereocenters. The van der Waals surface area contributed by atoms with E-state index in [-0.39, 0.29) is 88.6 Å². The Hall–Kier alpha value is -13.0. The summed E-state index contributed by atoms with van der Waals surface area (Å²) in [5, 5.41) is 125. The Bertz CT molecular complexity index is 4490. The maximum absolute atomic E-state index is 14.8. The molecule has 21 amide bonds. The maximum Gasteiger partial charge on any atom is 0.328 e. The number of aliphatic hydroxyl groups excluding tert-OH is 6. The number of likely N-dealkylation sites (tertiary alicyclic amines) is 1. The third kappa shape index (κ3) is 45.9. The molecule has 0 aromatic heterocycles. The van der Waals surface area contributed by atoms with E-state index < -0.39 is 334 Å². The van der Waals surface area contributed by atoms with Crippen molar-refractivity contribution >= 4 is 130 Å². The van der Waals surface area contributed by atoms with Crippen molar-refractivity contribution in [3.05, 3.63) is 29.8 Å². The molecule has 1 aliphatic rings. The first-order valence-corrected chi connectivity index (χ1v) is 48.4. The van der Waals surface area contributed by atoms with Crippen molar-refractivity contribution in [1.82, 2.24) is 101 Å². The number of primary amides is 2. The summed E-state index contributed by atoms with van der Waals surface area (Å²) in [5.41, 5.74) is 28.1. The summed E-state index contributed by atoms with van der Waals surface area (Å²) in [6.45, 7) is 12.3. The number of carbonyl (C=O) groups excluding carboxylic acids is 21. The van der Waals surface area contributed by atoms with Gasteiger partial charge in [0, 0.05) is 19.4 Å². The lowest BCUT2D eigenvalue weighted by molar-refractivity contribution is -0.146. The molecule has 145 heavy (non-hydrogen) atoms. The number of phenols is 1. The molecule has 36 N–H and O–H groups in total. The van der Waals surface area contributed by atoms with Crippen molar-refractivity contribution in [1.29, 1.82) is 0 Å². The van der Waals surface area contributed by atoms with Crippen molar-refractivity contribution < 1.29 is 146 Å². The zero-order valence-electron chi connectivity index (χ0n) is 84.2. The van der Waals surface area contributed by atoms with Gasteiger partial charge in [-0.2, -0.15) is 0 Å². The molecule has 0 aliphatic carbocycles. The van der Waals surface area contributed by atoms with Gasteiger partial charge in [-0.3, -0.25) is 101 Å². The summed E-state index contributed by atoms with van der Waals surface area (Å²) < 4.78 is 0. The van der Waals surface area contributed by atoms with Gasteiger partial charge in [0.1, 0.15) is 108 Å². The quantitative estimate of drug-likeness (QED) is 0.0269. The summed E-state index contributed by atoms with van der Waals surface area (Å²) in [7, 11) is 0. The molecule has 1 aromatic rings. The molecule has 1 fully saturated rings. The maximum atomic E-state index is 14.8. The average molecular weight is 2060 g/mol. The molecular weight excluding hydrogens is 1910 g/mol. The third-order valence-corrected chi connectivity index (χ3v) is 23.4. The van der Waals surface area contributed by atoms with Crippen LogP contribution in [0.2, 0.25) is 0 Å². The molecule has 0 bridgehead atoms. The van der Waals surface area contributed by atoms with Crippen LogP contribution in [0.4, 0.5) is 0 Å². The number of benzene rings is 1. The standard InChI is InChI=1S/C91H154N24O30/c1-13-47(9)71(112-84(137)58(34-46(7)8)104-81(134)56(32-44(3)4)103-77(130)54(21-16-18-30-93)101-83(136)60(36-67(96)124)107-89(142)73(49(11)120)113-79(132)53(20-15-17-29-92)99-68(125)37-94)87(140)106-59(35-51-23-25-52(122)26-24-51)82(135)109-62(41-117)76(129)97-38-69(126)100-63(42-118)85(138)114-74(50(12)121)88(141)105-57(33-45(5)6)80(133)102-55(27-28-66(95)123)78(131)108-61(40-116)75(128)98-39-70(127)111-72(48(10)14-2)90(143)115-31-19-22-65(115)86(139)110-64(43-119)91(144)145/h23-26,44-50,53-65,71-74,116-122H,13-22,27-43,92-94H2,1-12H3,(H2,95,123)(H2,96,124)(H,97,129)(H,98,128)(H,99,125)(H,100,126)(H,101,136)(H,102,133)(H,103,130)(H,104,134)(H,105,141)(H,106,140)(H,107,142)(H,108,131)(H,109,135)(H,110,139)(H,111,127)(H,112,137)(H,113,132)(H,114,138)(H,144,145)/t47-,48-,49+,50+,53-,54-,55-,56-,57-,58-,59-,60-,61-,62-,63-,64-,65-,71-,72-,73-,74-/m0/s1. The van der Waals surface area contributed by atoms with E-state index in [1.54, 1.807) is 69.2 Å². The normalized spacial score (nSPS) is 16.5. The number of hydrogen-bond donors (Lipinski definition) is 31. The highest BCUT2D eigenvalue weighted by Gasteiger charge is 2.44. The van der Waals surface area contributed by atoms with Crippen molar-refractivity contribution in [2.45, 2.75) is 307 Å². The SMILES string of the molecule is CC[C@H](C)[C@H](NC(=O)[C@H](CC(C)C)NC(=O)[C@H](CC(C)C)NC(=O)[C@H](CCCCN)NC(=O)[C@H](CC(N)=O)NC(=O)[C@@H](NC(=O)[C@H](CCCCN)NC(=O)CN)[C@@H](C)O)C(=O)N[C@@H](Cc1ccc(O)cc1)C(=O)N[C@@H](CO)C(=O)NCC(=O)N[C@@H](CO)C(=O)N[C@H](C(=O)N[C@@H](CC(C)C)C(=O)N[C@@H](CCC(N)=O)C(=O)N[C@@H](CO)C(=O)NCC(=O)N[C@H](C(=O)N1CCC[C@H]1C(=O)N[C@@H](CO)C(=O)O)[C@@H](C)CC)[C@@H](C)O. The molecule has 54 nitrogen and oxygen atoms in total. The predicted octanol–water partition coefficient (Wildman–Crippen LogP) is -11.7. The second kappa shape index (κ2) is 66.1. The lowest BCUT2D eigenvalue weighted by Crippen LogP contribution is -2.62. The second-order valence-corrected chi connectivity index (χ2v) is 37.0. The first-order chi connectivity index (χ1) is 68.2. The fraction of sp³-hybridized carbons (Fsp3) is 0.692. The van der Waals surface area contributed by atoms with Gasteiger partial charge in [-0.1, -0.05) is 94.2 Å². The van der Waals surface area contributed by atoms with Gasteiger partial charge in [-0.25, -0.2) is 4.79 Å². The summed E-state index contributed by atoms with van der Waals surface area (Å²) in [6, 6.07) is -22.6. The third-order valence-electron chi connectivity index (χ3n) is 23.4. The van der Waals surface area contributed by atoms with Crippen molar-refractivity contribution in [3.8, 4) is 5.75 Å². The molecule has 21 atom stereocenters. The van der Waals surface area contributed by atoms with Gasteiger partial charge in [0.05, 0.1) is 64.7 Å². The summed E-state index contributed by atoms with van der Waals surface area (Å²) in [5.74, 6) is -26.5. The number of rotatable bonds is 69. The van der Waals surface area contributed by atoms with E-state index in [2.05, 4.69) is 95.7 Å². The van der Waals surface area contributed by atoms with Crippen LogP contribution in [0.15, 0.2) is 24.3 Å². The molecule has 1 saturated heterocycles. The molecule has 0 saturated carbocycles. The van der Waals surface area contributed by atoms with Gasteiger partial charge >= 0.3 is 5.97 Å². The van der Waals surface area contributed by atoms with Crippen molar-refractivity contribution in [3.63, 3.8) is 0 Å². The largest absolute Gasteiger partial charge is 0.508 e. The number of aliphatic hydroxyl groups is 6. The van der Waals surface area contributed by atoms with E-state index in [0.717, 1.165) is 18.7 Å². The van der Waals surface area contributed by atoms with Crippen LogP contribution in [0.3, 0.4) is 0 Å². The Morgan fingerprint density at radius 2 is 0.717 bits per heavy atom. The number of carbonyl (C=O) groups is 22. The lowest BCUT2D eigenvalue weighted by atomic mass is 9.95. The number of hydrogen-bond acceptors (Lipinski definition) is 32. The molecule has 54 heteroatoms. The van der Waals surface area contributed by atoms with Crippen LogP contribution in [0, 0.1) is 29.6 Å².